The Morgan fingerprint density at radius 1 is 1.26 bits per heavy atom. The van der Waals surface area contributed by atoms with Gasteiger partial charge in [-0.05, 0) is 48.9 Å². The fraction of sp³-hybridized carbons (Fsp3) is 0.263. The number of aryl methyl sites for hydroxylation is 1. The number of methoxy groups -OCH3 is 1. The van der Waals surface area contributed by atoms with Crippen LogP contribution in [0.1, 0.15) is 42.9 Å². The minimum absolute atomic E-state index is 0. The van der Waals surface area contributed by atoms with Crippen molar-refractivity contribution in [2.24, 2.45) is 0 Å². The van der Waals surface area contributed by atoms with Crippen LogP contribution in [0.5, 0.6) is 0 Å². The van der Waals surface area contributed by atoms with Crippen LogP contribution in [0.4, 0.5) is 4.39 Å². The molecule has 3 nitrogen and oxygen atoms in total. The van der Waals surface area contributed by atoms with Crippen LogP contribution in [-0.2, 0) is 4.74 Å². The lowest BCUT2D eigenvalue weighted by Gasteiger charge is -2.07. The van der Waals surface area contributed by atoms with Crippen molar-refractivity contribution in [1.82, 2.24) is 4.98 Å². The van der Waals surface area contributed by atoms with Gasteiger partial charge in [0, 0.05) is 5.56 Å². The van der Waals surface area contributed by atoms with Crippen LogP contribution in [0.2, 0.25) is 0 Å². The predicted octanol–water partition coefficient (Wildman–Crippen LogP) is 5.29. The van der Waals surface area contributed by atoms with Crippen molar-refractivity contribution in [3.63, 3.8) is 0 Å². The third kappa shape index (κ3) is 5.02. The van der Waals surface area contributed by atoms with Gasteiger partial charge in [-0.25, -0.2) is 14.2 Å². The summed E-state index contributed by atoms with van der Waals surface area (Å²) in [7, 11) is 1.32. The molecule has 1 heterocycles. The third-order valence-corrected chi connectivity index (χ3v) is 2.93. The molecule has 1 aromatic carbocycles. The molecule has 4 heteroatoms. The minimum Gasteiger partial charge on any atom is -0.465 e. The van der Waals surface area contributed by atoms with Gasteiger partial charge in [0.2, 0.25) is 0 Å². The fourth-order valence-corrected chi connectivity index (χ4v) is 1.84. The Morgan fingerprint density at radius 2 is 1.91 bits per heavy atom. The van der Waals surface area contributed by atoms with E-state index in [2.05, 4.69) is 11.6 Å². The maximum Gasteiger partial charge on any atom is 0.338 e. The molecule has 0 saturated heterocycles. The summed E-state index contributed by atoms with van der Waals surface area (Å²) in [4.78, 5) is 16.0. The zero-order valence-corrected chi connectivity index (χ0v) is 13.3. The SMILES string of the molecule is C.C=Cc1cc(C(=O)OC)cc(-c2ccc(F)c(C)c2)n1.CC. The quantitative estimate of drug-likeness (QED) is 0.722. The highest BCUT2D eigenvalue weighted by Gasteiger charge is 2.11. The first-order valence-electron chi connectivity index (χ1n) is 7.04. The van der Waals surface area contributed by atoms with Crippen molar-refractivity contribution in [2.45, 2.75) is 28.2 Å². The van der Waals surface area contributed by atoms with Gasteiger partial charge < -0.3 is 4.74 Å². The number of halogens is 1. The maximum absolute atomic E-state index is 13.3. The maximum atomic E-state index is 13.3. The van der Waals surface area contributed by atoms with Gasteiger partial charge in [0.1, 0.15) is 5.82 Å². The number of esters is 1. The smallest absolute Gasteiger partial charge is 0.338 e. The normalized spacial score (nSPS) is 9.09. The van der Waals surface area contributed by atoms with Gasteiger partial charge in [0.15, 0.2) is 0 Å². The van der Waals surface area contributed by atoms with Gasteiger partial charge in [0.25, 0.3) is 0 Å². The second-order valence-electron chi connectivity index (χ2n) is 4.33. The highest BCUT2D eigenvalue weighted by Crippen LogP contribution is 2.22. The number of nitrogens with zero attached hydrogens (tertiary/aromatic N) is 1. The molecule has 0 saturated carbocycles. The van der Waals surface area contributed by atoms with E-state index in [4.69, 9.17) is 4.74 Å². The molecule has 0 N–H and O–H groups in total. The van der Waals surface area contributed by atoms with Crippen molar-refractivity contribution in [2.75, 3.05) is 7.11 Å². The average molecular weight is 317 g/mol. The number of hydrogen-bond acceptors (Lipinski definition) is 3. The molecule has 0 radical (unpaired) electrons. The van der Waals surface area contributed by atoms with Gasteiger partial charge >= 0.3 is 5.97 Å². The number of ether oxygens (including phenoxy) is 1. The molecule has 0 amide bonds. The topological polar surface area (TPSA) is 39.2 Å². The molecular weight excluding hydrogens is 293 g/mol. The van der Waals surface area contributed by atoms with Crippen LogP contribution in [0.3, 0.4) is 0 Å². The van der Waals surface area contributed by atoms with Gasteiger partial charge in [-0.3, -0.25) is 0 Å². The van der Waals surface area contributed by atoms with Crippen LogP contribution >= 0.6 is 0 Å². The molecule has 0 unspecified atom stereocenters. The minimum atomic E-state index is -0.449. The van der Waals surface area contributed by atoms with Crippen molar-refractivity contribution < 1.29 is 13.9 Å². The first-order chi connectivity index (χ1) is 10.5. The summed E-state index contributed by atoms with van der Waals surface area (Å²) in [5, 5.41) is 0. The first-order valence-corrected chi connectivity index (χ1v) is 7.04. The molecule has 0 atom stereocenters. The molecule has 0 aliphatic rings. The van der Waals surface area contributed by atoms with Crippen molar-refractivity contribution in [3.8, 4) is 11.3 Å². The number of aromatic nitrogens is 1. The molecule has 0 aliphatic heterocycles. The molecule has 0 fully saturated rings. The summed E-state index contributed by atoms with van der Waals surface area (Å²) in [6.45, 7) is 9.33. The van der Waals surface area contributed by atoms with Gasteiger partial charge in [-0.15, -0.1) is 0 Å². The average Bonchev–Trinajstić information content (AvgIpc) is 2.57. The van der Waals surface area contributed by atoms with E-state index in [-0.39, 0.29) is 13.2 Å². The van der Waals surface area contributed by atoms with Gasteiger partial charge in [-0.1, -0.05) is 27.9 Å². The highest BCUT2D eigenvalue weighted by molar-refractivity contribution is 5.91. The Labute approximate surface area is 137 Å². The molecule has 2 aromatic rings. The van der Waals surface area contributed by atoms with E-state index in [1.165, 1.54) is 13.2 Å². The number of pyridine rings is 1. The number of benzene rings is 1. The van der Waals surface area contributed by atoms with Crippen molar-refractivity contribution >= 4 is 12.0 Å². The van der Waals surface area contributed by atoms with E-state index in [1.54, 1.807) is 37.3 Å². The zero-order chi connectivity index (χ0) is 16.7. The van der Waals surface area contributed by atoms with Crippen LogP contribution in [0.15, 0.2) is 36.9 Å². The number of hydrogen-bond donors (Lipinski definition) is 0. The van der Waals surface area contributed by atoms with E-state index in [0.29, 0.717) is 22.5 Å². The predicted molar refractivity (Wildman–Crippen MR) is 93.9 cm³/mol. The summed E-state index contributed by atoms with van der Waals surface area (Å²) < 4.78 is 18.0. The molecule has 0 spiro atoms. The van der Waals surface area contributed by atoms with Gasteiger partial charge in [0.05, 0.1) is 24.1 Å². The first kappa shape index (κ1) is 20.5. The Hall–Kier alpha value is -2.49. The van der Waals surface area contributed by atoms with E-state index in [1.807, 2.05) is 13.8 Å². The molecule has 1 aromatic heterocycles. The fourth-order valence-electron chi connectivity index (χ4n) is 1.84. The van der Waals surface area contributed by atoms with E-state index in [9.17, 15) is 9.18 Å². The Kier molecular flexibility index (Phi) is 8.48. The molecule has 0 bridgehead atoms. The molecule has 0 aliphatic carbocycles. The van der Waals surface area contributed by atoms with Crippen molar-refractivity contribution in [3.05, 3.63) is 59.5 Å². The monoisotopic (exact) mass is 317 g/mol. The largest absolute Gasteiger partial charge is 0.465 e. The van der Waals surface area contributed by atoms with Crippen LogP contribution in [0.25, 0.3) is 17.3 Å². The van der Waals surface area contributed by atoms with Crippen molar-refractivity contribution in [1.29, 1.82) is 0 Å². The Morgan fingerprint density at radius 3 is 2.43 bits per heavy atom. The number of carbonyl (C=O) groups excluding carboxylic acids is 1. The van der Waals surface area contributed by atoms with E-state index >= 15 is 0 Å². The lowest BCUT2D eigenvalue weighted by atomic mass is 10.1. The molecule has 124 valence electrons. The molecule has 23 heavy (non-hydrogen) atoms. The Bertz CT molecular complexity index is 681. The zero-order valence-electron chi connectivity index (χ0n) is 13.3. The molecule has 2 rings (SSSR count). The lowest BCUT2D eigenvalue weighted by Crippen LogP contribution is -2.03. The summed E-state index contributed by atoms with van der Waals surface area (Å²) in [6.07, 6.45) is 1.55. The van der Waals surface area contributed by atoms with Crippen LogP contribution in [0, 0.1) is 12.7 Å². The second-order valence-corrected chi connectivity index (χ2v) is 4.33. The standard InChI is InChI=1S/C16H14FNO2.C2H6.CH4/c1-4-13-8-12(16(19)20-3)9-15(18-13)11-5-6-14(17)10(2)7-11;1-2;/h4-9H,1H2,2-3H3;1-2H3;1H4. The third-order valence-electron chi connectivity index (χ3n) is 2.93. The van der Waals surface area contributed by atoms with Crippen LogP contribution < -0.4 is 0 Å². The van der Waals surface area contributed by atoms with E-state index in [0.717, 1.165) is 5.56 Å². The summed E-state index contributed by atoms with van der Waals surface area (Å²) in [5.74, 6) is -0.725. The second kappa shape index (κ2) is 9.51. The molecular formula is C19H24FNO2. The summed E-state index contributed by atoms with van der Waals surface area (Å²) >= 11 is 0. The van der Waals surface area contributed by atoms with Crippen LogP contribution in [-0.4, -0.2) is 18.1 Å². The number of rotatable bonds is 3. The highest BCUT2D eigenvalue weighted by atomic mass is 19.1. The summed E-state index contributed by atoms with van der Waals surface area (Å²) in [5.41, 5.74) is 2.77. The number of carbonyl (C=O) groups is 1. The van der Waals surface area contributed by atoms with Gasteiger partial charge in [-0.2, -0.15) is 0 Å². The van der Waals surface area contributed by atoms with E-state index < -0.39 is 5.97 Å². The summed E-state index contributed by atoms with van der Waals surface area (Å²) in [6, 6.07) is 7.90. The lowest BCUT2D eigenvalue weighted by molar-refractivity contribution is 0.0600. The Balaban J connectivity index is 0.00000155.